The Morgan fingerprint density at radius 3 is 2.80 bits per heavy atom. The summed E-state index contributed by atoms with van der Waals surface area (Å²) in [5, 5.41) is 3.54. The molecule has 1 aliphatic heterocycles. The zero-order valence-corrected chi connectivity index (χ0v) is 13.5. The van der Waals surface area contributed by atoms with Gasteiger partial charge in [0.1, 0.15) is 12.4 Å². The van der Waals surface area contributed by atoms with Crippen LogP contribution >= 0.6 is 15.9 Å². The Kier molecular flexibility index (Phi) is 4.64. The third-order valence-corrected chi connectivity index (χ3v) is 4.86. The molecule has 1 aromatic rings. The molecule has 2 fully saturated rings. The Hall–Kier alpha value is -0.580. The first-order valence-corrected chi connectivity index (χ1v) is 8.28. The van der Waals surface area contributed by atoms with E-state index in [0.717, 1.165) is 35.7 Å². The largest absolute Gasteiger partial charge is 0.491 e. The fourth-order valence-corrected chi connectivity index (χ4v) is 2.78. The van der Waals surface area contributed by atoms with Gasteiger partial charge in [-0.1, -0.05) is 15.9 Å². The Morgan fingerprint density at radius 1 is 1.25 bits per heavy atom. The van der Waals surface area contributed by atoms with Crippen molar-refractivity contribution in [3.63, 3.8) is 0 Å². The first kappa shape index (κ1) is 14.4. The van der Waals surface area contributed by atoms with Gasteiger partial charge >= 0.3 is 0 Å². The first-order valence-electron chi connectivity index (χ1n) is 7.48. The minimum absolute atomic E-state index is 0.241. The summed E-state index contributed by atoms with van der Waals surface area (Å²) in [5.74, 6) is 0.925. The summed E-state index contributed by atoms with van der Waals surface area (Å²) in [4.78, 5) is 0. The molecule has 0 amide bonds. The van der Waals surface area contributed by atoms with Crippen LogP contribution in [0.1, 0.15) is 31.2 Å². The molecule has 1 N–H and O–H groups in total. The van der Waals surface area contributed by atoms with Crippen LogP contribution in [0.5, 0.6) is 5.75 Å². The number of aryl methyl sites for hydroxylation is 1. The molecule has 1 saturated heterocycles. The molecule has 1 aromatic carbocycles. The van der Waals surface area contributed by atoms with Crippen molar-refractivity contribution in [3.05, 3.63) is 28.2 Å². The molecule has 1 heterocycles. The molecule has 20 heavy (non-hydrogen) atoms. The lowest BCUT2D eigenvalue weighted by atomic mass is 10.2. The van der Waals surface area contributed by atoms with Crippen molar-refractivity contribution in [2.45, 2.75) is 50.9 Å². The standard InChI is InChI=1S/C16H22BrNO2/c1-11-8-13(6-7-16(11)17)19-10-15-5-4-14(20-15)9-18-12-2-3-12/h6-8,12,14-15,18H,2-5,9-10H2,1H3. The van der Waals surface area contributed by atoms with E-state index >= 15 is 0 Å². The van der Waals surface area contributed by atoms with Gasteiger partial charge in [-0.05, 0) is 56.4 Å². The van der Waals surface area contributed by atoms with Crippen molar-refractivity contribution in [2.24, 2.45) is 0 Å². The summed E-state index contributed by atoms with van der Waals surface area (Å²) >= 11 is 3.50. The summed E-state index contributed by atoms with van der Waals surface area (Å²) in [7, 11) is 0. The molecule has 3 rings (SSSR count). The summed E-state index contributed by atoms with van der Waals surface area (Å²) in [6.45, 7) is 3.72. The average molecular weight is 340 g/mol. The monoisotopic (exact) mass is 339 g/mol. The second-order valence-corrected chi connectivity index (χ2v) is 6.72. The van der Waals surface area contributed by atoms with Crippen LogP contribution in [0.15, 0.2) is 22.7 Å². The maximum absolute atomic E-state index is 6.02. The predicted molar refractivity (Wildman–Crippen MR) is 83.3 cm³/mol. The number of hydrogen-bond acceptors (Lipinski definition) is 3. The van der Waals surface area contributed by atoms with Crippen LogP contribution in [0, 0.1) is 6.92 Å². The van der Waals surface area contributed by atoms with Gasteiger partial charge in [-0.3, -0.25) is 0 Å². The zero-order valence-electron chi connectivity index (χ0n) is 11.9. The Morgan fingerprint density at radius 2 is 2.05 bits per heavy atom. The van der Waals surface area contributed by atoms with Gasteiger partial charge in [0, 0.05) is 17.1 Å². The van der Waals surface area contributed by atoms with E-state index in [1.807, 2.05) is 12.1 Å². The molecule has 0 bridgehead atoms. The second kappa shape index (κ2) is 6.46. The molecule has 2 aliphatic rings. The van der Waals surface area contributed by atoms with E-state index in [1.165, 1.54) is 18.4 Å². The number of ether oxygens (including phenoxy) is 2. The van der Waals surface area contributed by atoms with E-state index in [2.05, 4.69) is 34.2 Å². The molecule has 2 atom stereocenters. The molecule has 2 unspecified atom stereocenters. The van der Waals surface area contributed by atoms with Gasteiger partial charge in [-0.15, -0.1) is 0 Å². The first-order chi connectivity index (χ1) is 9.70. The number of rotatable bonds is 6. The predicted octanol–water partition coefficient (Wildman–Crippen LogP) is 3.44. The fraction of sp³-hybridized carbons (Fsp3) is 0.625. The van der Waals surface area contributed by atoms with Crippen LogP contribution in [0.2, 0.25) is 0 Å². The third kappa shape index (κ3) is 3.96. The molecular weight excluding hydrogens is 318 g/mol. The van der Waals surface area contributed by atoms with Crippen LogP contribution in [0.3, 0.4) is 0 Å². The molecule has 0 spiro atoms. The minimum Gasteiger partial charge on any atom is -0.491 e. The van der Waals surface area contributed by atoms with Gasteiger partial charge in [0.25, 0.3) is 0 Å². The summed E-state index contributed by atoms with van der Waals surface area (Å²) in [6, 6.07) is 6.85. The van der Waals surface area contributed by atoms with Crippen molar-refractivity contribution < 1.29 is 9.47 Å². The zero-order chi connectivity index (χ0) is 13.9. The SMILES string of the molecule is Cc1cc(OCC2CCC(CNC3CC3)O2)ccc1Br. The Labute approximate surface area is 129 Å². The lowest BCUT2D eigenvalue weighted by Gasteiger charge is -2.15. The van der Waals surface area contributed by atoms with E-state index in [-0.39, 0.29) is 6.10 Å². The molecule has 1 aliphatic carbocycles. The molecule has 3 nitrogen and oxygen atoms in total. The van der Waals surface area contributed by atoms with Gasteiger partial charge in [0.15, 0.2) is 0 Å². The van der Waals surface area contributed by atoms with Gasteiger partial charge in [-0.25, -0.2) is 0 Å². The summed E-state index contributed by atoms with van der Waals surface area (Å²) < 4.78 is 13.0. The third-order valence-electron chi connectivity index (χ3n) is 3.97. The molecule has 0 radical (unpaired) electrons. The lowest BCUT2D eigenvalue weighted by molar-refractivity contribution is 0.0184. The highest BCUT2D eigenvalue weighted by Gasteiger charge is 2.28. The smallest absolute Gasteiger partial charge is 0.119 e. The maximum atomic E-state index is 6.02. The van der Waals surface area contributed by atoms with E-state index < -0.39 is 0 Å². The van der Waals surface area contributed by atoms with E-state index in [4.69, 9.17) is 9.47 Å². The van der Waals surface area contributed by atoms with Crippen molar-refractivity contribution in [1.29, 1.82) is 0 Å². The van der Waals surface area contributed by atoms with Crippen LogP contribution in [0.4, 0.5) is 0 Å². The van der Waals surface area contributed by atoms with Crippen molar-refractivity contribution >= 4 is 15.9 Å². The molecular formula is C16H22BrNO2. The van der Waals surface area contributed by atoms with E-state index in [0.29, 0.717) is 12.7 Å². The Balaban J connectivity index is 1.41. The molecule has 4 heteroatoms. The summed E-state index contributed by atoms with van der Waals surface area (Å²) in [5.41, 5.74) is 1.20. The van der Waals surface area contributed by atoms with Crippen LogP contribution < -0.4 is 10.1 Å². The van der Waals surface area contributed by atoms with Crippen molar-refractivity contribution in [1.82, 2.24) is 5.32 Å². The average Bonchev–Trinajstić information content (AvgIpc) is 3.16. The second-order valence-electron chi connectivity index (χ2n) is 5.86. The number of hydrogen-bond donors (Lipinski definition) is 1. The quantitative estimate of drug-likeness (QED) is 0.861. The van der Waals surface area contributed by atoms with Crippen molar-refractivity contribution in [3.8, 4) is 5.75 Å². The highest BCUT2D eigenvalue weighted by atomic mass is 79.9. The topological polar surface area (TPSA) is 30.5 Å². The van der Waals surface area contributed by atoms with Crippen LogP contribution in [-0.4, -0.2) is 31.4 Å². The van der Waals surface area contributed by atoms with E-state index in [9.17, 15) is 0 Å². The van der Waals surface area contributed by atoms with E-state index in [1.54, 1.807) is 0 Å². The number of nitrogens with one attached hydrogen (secondary N) is 1. The van der Waals surface area contributed by atoms with Crippen molar-refractivity contribution in [2.75, 3.05) is 13.2 Å². The highest BCUT2D eigenvalue weighted by Crippen LogP contribution is 2.25. The highest BCUT2D eigenvalue weighted by molar-refractivity contribution is 9.10. The minimum atomic E-state index is 0.241. The lowest BCUT2D eigenvalue weighted by Crippen LogP contribution is -2.29. The normalized spacial score (nSPS) is 25.9. The Bertz CT molecular complexity index is 462. The fourth-order valence-electron chi connectivity index (χ4n) is 2.53. The van der Waals surface area contributed by atoms with Gasteiger partial charge in [0.2, 0.25) is 0 Å². The number of halogens is 1. The number of benzene rings is 1. The molecule has 110 valence electrons. The van der Waals surface area contributed by atoms with Crippen LogP contribution in [0.25, 0.3) is 0 Å². The van der Waals surface area contributed by atoms with Crippen LogP contribution in [-0.2, 0) is 4.74 Å². The van der Waals surface area contributed by atoms with Gasteiger partial charge < -0.3 is 14.8 Å². The van der Waals surface area contributed by atoms with Gasteiger partial charge in [0.05, 0.1) is 12.2 Å². The molecule has 1 saturated carbocycles. The maximum Gasteiger partial charge on any atom is 0.119 e. The summed E-state index contributed by atoms with van der Waals surface area (Å²) in [6.07, 6.45) is 5.53. The molecule has 0 aromatic heterocycles. The van der Waals surface area contributed by atoms with Gasteiger partial charge in [-0.2, -0.15) is 0 Å².